The molecule has 1 aromatic carbocycles. The lowest BCUT2D eigenvalue weighted by molar-refractivity contribution is 1.33. The Morgan fingerprint density at radius 1 is 0.875 bits per heavy atom. The van der Waals surface area contributed by atoms with Crippen LogP contribution >= 0.6 is 46.4 Å². The fourth-order valence-corrected chi connectivity index (χ4v) is 2.61. The molecule has 0 aliphatic heterocycles. The number of hydrogen-bond donors (Lipinski definition) is 0. The van der Waals surface area contributed by atoms with Crippen molar-refractivity contribution in [1.82, 2.24) is 4.98 Å². The van der Waals surface area contributed by atoms with Crippen molar-refractivity contribution in [2.24, 2.45) is 0 Å². The van der Waals surface area contributed by atoms with Crippen molar-refractivity contribution in [3.05, 3.63) is 50.7 Å². The second-order valence-electron chi connectivity index (χ2n) is 3.10. The minimum Gasteiger partial charge on any atom is -0.263 e. The SMILES string of the molecule is Clc1cc(Cl)c(-c2ccncc2Cl)c(Cl)c1. The van der Waals surface area contributed by atoms with E-state index in [-0.39, 0.29) is 0 Å². The third-order valence-electron chi connectivity index (χ3n) is 2.05. The zero-order chi connectivity index (χ0) is 11.7. The van der Waals surface area contributed by atoms with Gasteiger partial charge in [0.2, 0.25) is 0 Å². The number of nitrogens with zero attached hydrogens (tertiary/aromatic N) is 1. The van der Waals surface area contributed by atoms with Crippen LogP contribution in [0.1, 0.15) is 0 Å². The van der Waals surface area contributed by atoms with Crippen LogP contribution in [0, 0.1) is 0 Å². The van der Waals surface area contributed by atoms with Crippen LogP contribution in [0.25, 0.3) is 11.1 Å². The Hall–Kier alpha value is -0.470. The predicted molar refractivity (Wildman–Crippen MR) is 69.7 cm³/mol. The molecule has 0 atom stereocenters. The van der Waals surface area contributed by atoms with Gasteiger partial charge in [-0.2, -0.15) is 0 Å². The molecule has 0 spiro atoms. The number of benzene rings is 1. The van der Waals surface area contributed by atoms with Crippen molar-refractivity contribution in [2.75, 3.05) is 0 Å². The lowest BCUT2D eigenvalue weighted by Gasteiger charge is -2.09. The second-order valence-corrected chi connectivity index (χ2v) is 4.76. The molecule has 0 bridgehead atoms. The van der Waals surface area contributed by atoms with Crippen molar-refractivity contribution in [1.29, 1.82) is 0 Å². The Kier molecular flexibility index (Phi) is 3.60. The fourth-order valence-electron chi connectivity index (χ4n) is 1.38. The van der Waals surface area contributed by atoms with Gasteiger partial charge in [0.25, 0.3) is 0 Å². The summed E-state index contributed by atoms with van der Waals surface area (Å²) in [5.74, 6) is 0. The molecule has 5 heteroatoms. The summed E-state index contributed by atoms with van der Waals surface area (Å²) >= 11 is 24.1. The van der Waals surface area contributed by atoms with Crippen molar-refractivity contribution < 1.29 is 0 Å². The van der Waals surface area contributed by atoms with Gasteiger partial charge in [-0.25, -0.2) is 0 Å². The van der Waals surface area contributed by atoms with Gasteiger partial charge in [0.05, 0.1) is 15.1 Å². The largest absolute Gasteiger partial charge is 0.263 e. The first-order valence-corrected chi connectivity index (χ1v) is 5.85. The monoisotopic (exact) mass is 291 g/mol. The predicted octanol–water partition coefficient (Wildman–Crippen LogP) is 5.36. The highest BCUT2D eigenvalue weighted by Gasteiger charge is 2.12. The van der Waals surface area contributed by atoms with E-state index in [9.17, 15) is 0 Å². The lowest BCUT2D eigenvalue weighted by Crippen LogP contribution is -1.84. The van der Waals surface area contributed by atoms with Crippen LogP contribution in [0.15, 0.2) is 30.6 Å². The number of rotatable bonds is 1. The molecule has 0 N–H and O–H groups in total. The van der Waals surface area contributed by atoms with E-state index in [1.807, 2.05) is 0 Å². The molecule has 0 radical (unpaired) electrons. The molecule has 16 heavy (non-hydrogen) atoms. The van der Waals surface area contributed by atoms with E-state index in [4.69, 9.17) is 46.4 Å². The summed E-state index contributed by atoms with van der Waals surface area (Å²) < 4.78 is 0. The topological polar surface area (TPSA) is 12.9 Å². The van der Waals surface area contributed by atoms with Crippen LogP contribution in [-0.4, -0.2) is 4.98 Å². The summed E-state index contributed by atoms with van der Waals surface area (Å²) in [4.78, 5) is 3.90. The number of hydrogen-bond acceptors (Lipinski definition) is 1. The maximum absolute atomic E-state index is 6.09. The van der Waals surface area contributed by atoms with E-state index in [1.165, 1.54) is 6.20 Å². The van der Waals surface area contributed by atoms with Gasteiger partial charge in [0, 0.05) is 28.5 Å². The molecule has 2 aromatic rings. The number of pyridine rings is 1. The number of halogens is 4. The molecule has 1 aromatic heterocycles. The Balaban J connectivity index is 2.70. The minimum absolute atomic E-state index is 0.464. The second kappa shape index (κ2) is 4.80. The van der Waals surface area contributed by atoms with E-state index in [2.05, 4.69) is 4.98 Å². The molecule has 0 fully saturated rings. The summed E-state index contributed by atoms with van der Waals surface area (Å²) in [5.41, 5.74) is 1.41. The quantitative estimate of drug-likeness (QED) is 0.689. The summed E-state index contributed by atoms with van der Waals surface area (Å²) in [6.45, 7) is 0. The summed E-state index contributed by atoms with van der Waals surface area (Å²) in [6.07, 6.45) is 3.17. The smallest absolute Gasteiger partial charge is 0.0668 e. The Morgan fingerprint density at radius 3 is 2.06 bits per heavy atom. The third kappa shape index (κ3) is 2.28. The minimum atomic E-state index is 0.464. The van der Waals surface area contributed by atoms with Crippen molar-refractivity contribution in [2.45, 2.75) is 0 Å². The van der Waals surface area contributed by atoms with E-state index in [0.717, 1.165) is 5.56 Å². The molecular weight excluding hydrogens is 288 g/mol. The molecule has 0 aliphatic carbocycles. The molecule has 2 rings (SSSR count). The third-order valence-corrected chi connectivity index (χ3v) is 3.16. The highest BCUT2D eigenvalue weighted by Crippen LogP contribution is 2.39. The standard InChI is InChI=1S/C11H5Cl4N/c12-6-3-8(13)11(9(14)4-6)7-1-2-16-5-10(7)15/h1-5H. The van der Waals surface area contributed by atoms with Crippen LogP contribution in [0.3, 0.4) is 0 Å². The van der Waals surface area contributed by atoms with Crippen molar-refractivity contribution in [3.8, 4) is 11.1 Å². The Labute approximate surface area is 113 Å². The molecule has 0 saturated heterocycles. The molecule has 0 amide bonds. The first kappa shape index (κ1) is 12.0. The van der Waals surface area contributed by atoms with Gasteiger partial charge in [-0.15, -0.1) is 0 Å². The lowest BCUT2D eigenvalue weighted by atomic mass is 10.1. The summed E-state index contributed by atoms with van der Waals surface area (Å²) in [7, 11) is 0. The molecule has 1 nitrogen and oxygen atoms in total. The zero-order valence-electron chi connectivity index (χ0n) is 7.85. The van der Waals surface area contributed by atoms with Crippen LogP contribution in [-0.2, 0) is 0 Å². The molecular formula is C11H5Cl4N. The zero-order valence-corrected chi connectivity index (χ0v) is 10.9. The van der Waals surface area contributed by atoms with Gasteiger partial charge in [0.15, 0.2) is 0 Å². The summed E-state index contributed by atoms with van der Waals surface area (Å²) in [5, 5.41) is 1.91. The van der Waals surface area contributed by atoms with Crippen molar-refractivity contribution in [3.63, 3.8) is 0 Å². The molecule has 82 valence electrons. The Bertz CT molecular complexity index is 516. The van der Waals surface area contributed by atoms with Gasteiger partial charge in [-0.1, -0.05) is 46.4 Å². The molecule has 0 aliphatic rings. The maximum Gasteiger partial charge on any atom is 0.0668 e. The van der Waals surface area contributed by atoms with Crippen LogP contribution in [0.2, 0.25) is 20.1 Å². The summed E-state index contributed by atoms with van der Waals surface area (Å²) in [6, 6.07) is 5.01. The van der Waals surface area contributed by atoms with Gasteiger partial charge in [-0.3, -0.25) is 4.98 Å². The highest BCUT2D eigenvalue weighted by atomic mass is 35.5. The average Bonchev–Trinajstić information content (AvgIpc) is 2.19. The maximum atomic E-state index is 6.09. The van der Waals surface area contributed by atoms with E-state index >= 15 is 0 Å². The molecule has 1 heterocycles. The van der Waals surface area contributed by atoms with Crippen LogP contribution < -0.4 is 0 Å². The van der Waals surface area contributed by atoms with Gasteiger partial charge >= 0.3 is 0 Å². The first-order valence-electron chi connectivity index (χ1n) is 4.34. The van der Waals surface area contributed by atoms with Gasteiger partial charge in [0.1, 0.15) is 0 Å². The number of aromatic nitrogens is 1. The van der Waals surface area contributed by atoms with Crippen LogP contribution in [0.5, 0.6) is 0 Å². The Morgan fingerprint density at radius 2 is 1.50 bits per heavy atom. The first-order chi connectivity index (χ1) is 7.59. The fraction of sp³-hybridized carbons (Fsp3) is 0. The normalized spacial score (nSPS) is 10.5. The van der Waals surface area contributed by atoms with Crippen molar-refractivity contribution >= 4 is 46.4 Å². The van der Waals surface area contributed by atoms with E-state index < -0.39 is 0 Å². The molecule has 0 saturated carbocycles. The van der Waals surface area contributed by atoms with Gasteiger partial charge < -0.3 is 0 Å². The molecule has 0 unspecified atom stereocenters. The average molecular weight is 293 g/mol. The van der Waals surface area contributed by atoms with Crippen LogP contribution in [0.4, 0.5) is 0 Å². The highest BCUT2D eigenvalue weighted by molar-refractivity contribution is 6.43. The van der Waals surface area contributed by atoms with E-state index in [1.54, 1.807) is 24.4 Å². The van der Waals surface area contributed by atoms with Gasteiger partial charge in [-0.05, 0) is 18.2 Å². The van der Waals surface area contributed by atoms with E-state index in [0.29, 0.717) is 25.7 Å².